The predicted octanol–water partition coefficient (Wildman–Crippen LogP) is 1.58. The van der Waals surface area contributed by atoms with E-state index in [1.807, 2.05) is 33.7 Å². The van der Waals surface area contributed by atoms with Gasteiger partial charge in [0.15, 0.2) is 17.3 Å². The number of rotatable bonds is 4. The van der Waals surface area contributed by atoms with E-state index in [1.54, 1.807) is 0 Å². The van der Waals surface area contributed by atoms with Crippen molar-refractivity contribution in [3.63, 3.8) is 0 Å². The van der Waals surface area contributed by atoms with Crippen molar-refractivity contribution in [1.82, 2.24) is 29.9 Å². The van der Waals surface area contributed by atoms with Crippen molar-refractivity contribution in [2.45, 2.75) is 6.54 Å². The van der Waals surface area contributed by atoms with E-state index in [9.17, 15) is 4.79 Å². The number of aromatic nitrogens is 5. The first-order valence-corrected chi connectivity index (χ1v) is 8.37. The van der Waals surface area contributed by atoms with Crippen LogP contribution in [0.1, 0.15) is 5.82 Å². The van der Waals surface area contributed by atoms with Crippen LogP contribution in [0.3, 0.4) is 0 Å². The zero-order valence-electron chi connectivity index (χ0n) is 12.9. The van der Waals surface area contributed by atoms with Crippen molar-refractivity contribution in [3.8, 4) is 0 Å². The lowest BCUT2D eigenvalue weighted by atomic mass is 9.99. The summed E-state index contributed by atoms with van der Waals surface area (Å²) >= 11 is 11.9. The average Bonchev–Trinajstić information content (AvgIpc) is 2.98. The van der Waals surface area contributed by atoms with Gasteiger partial charge in [-0.25, -0.2) is 4.98 Å². The van der Waals surface area contributed by atoms with Gasteiger partial charge in [0.25, 0.3) is 0 Å². The van der Waals surface area contributed by atoms with Crippen LogP contribution in [0.15, 0.2) is 30.6 Å². The normalized spacial score (nSPS) is 14.6. The Morgan fingerprint density at radius 3 is 2.96 bits per heavy atom. The second-order valence-corrected chi connectivity index (χ2v) is 6.42. The van der Waals surface area contributed by atoms with E-state index in [2.05, 4.69) is 25.5 Å². The van der Waals surface area contributed by atoms with Gasteiger partial charge in [0.1, 0.15) is 5.02 Å². The summed E-state index contributed by atoms with van der Waals surface area (Å²) in [5.41, 5.74) is 0.747. The molecular weight excluding hydrogens is 365 g/mol. The van der Waals surface area contributed by atoms with Gasteiger partial charge in [0.05, 0.1) is 18.7 Å². The molecule has 1 saturated heterocycles. The summed E-state index contributed by atoms with van der Waals surface area (Å²) < 4.78 is 1.84. The van der Waals surface area contributed by atoms with E-state index < -0.39 is 0 Å². The maximum atomic E-state index is 12.3. The number of hydrogen-bond acceptors (Lipinski definition) is 6. The van der Waals surface area contributed by atoms with Gasteiger partial charge in [0.2, 0.25) is 11.2 Å². The van der Waals surface area contributed by atoms with Gasteiger partial charge in [0, 0.05) is 19.3 Å². The molecule has 8 nitrogen and oxygen atoms in total. The van der Waals surface area contributed by atoms with E-state index in [4.69, 9.17) is 23.2 Å². The highest BCUT2D eigenvalue weighted by molar-refractivity contribution is 6.33. The van der Waals surface area contributed by atoms with Crippen LogP contribution in [0.5, 0.6) is 0 Å². The topological polar surface area (TPSA) is 88.3 Å². The predicted molar refractivity (Wildman–Crippen MR) is 92.6 cm³/mol. The maximum absolute atomic E-state index is 12.3. The van der Waals surface area contributed by atoms with Gasteiger partial charge in [-0.3, -0.25) is 9.20 Å². The first-order chi connectivity index (χ1) is 12.1. The van der Waals surface area contributed by atoms with Gasteiger partial charge in [-0.2, -0.15) is 4.98 Å². The fraction of sp³-hybridized carbons (Fsp3) is 0.267. The number of hydrogen-bond donors (Lipinski definition) is 1. The zero-order valence-corrected chi connectivity index (χ0v) is 14.4. The highest BCUT2D eigenvalue weighted by atomic mass is 35.5. The summed E-state index contributed by atoms with van der Waals surface area (Å²) in [5.74, 6) is 1.06. The molecule has 1 aliphatic rings. The number of pyridine rings is 1. The van der Waals surface area contributed by atoms with Crippen LogP contribution < -0.4 is 10.2 Å². The molecule has 0 radical (unpaired) electrons. The Morgan fingerprint density at radius 1 is 1.28 bits per heavy atom. The summed E-state index contributed by atoms with van der Waals surface area (Å²) in [5, 5.41) is 11.6. The first kappa shape index (κ1) is 16.0. The number of anilines is 1. The van der Waals surface area contributed by atoms with E-state index >= 15 is 0 Å². The van der Waals surface area contributed by atoms with Gasteiger partial charge in [-0.05, 0) is 23.7 Å². The van der Waals surface area contributed by atoms with Crippen molar-refractivity contribution < 1.29 is 4.79 Å². The maximum Gasteiger partial charge on any atom is 0.227 e. The summed E-state index contributed by atoms with van der Waals surface area (Å²) in [6.45, 7) is 1.37. The minimum Gasteiger partial charge on any atom is -0.353 e. The molecule has 1 N–H and O–H groups in total. The Balaban J connectivity index is 1.35. The van der Waals surface area contributed by atoms with Crippen molar-refractivity contribution in [2.24, 2.45) is 5.92 Å². The third kappa shape index (κ3) is 3.10. The standard InChI is InChI=1S/C15H13Cl2N7O/c16-10-5-19-15(17)20-13(10)23-7-9(8-23)14(25)18-6-12-22-21-11-3-1-2-4-24(11)12/h1-5,9H,6-8H2,(H,18,25). The van der Waals surface area contributed by atoms with Crippen LogP contribution in [0.4, 0.5) is 5.82 Å². The molecule has 25 heavy (non-hydrogen) atoms. The molecule has 128 valence electrons. The third-order valence-corrected chi connectivity index (χ3v) is 4.50. The molecule has 4 heterocycles. The van der Waals surface area contributed by atoms with E-state index in [0.29, 0.717) is 36.3 Å². The average molecular weight is 378 g/mol. The number of amides is 1. The van der Waals surface area contributed by atoms with Gasteiger partial charge in [-0.15, -0.1) is 10.2 Å². The molecule has 3 aromatic rings. The summed E-state index contributed by atoms with van der Waals surface area (Å²) in [6, 6.07) is 5.64. The smallest absolute Gasteiger partial charge is 0.227 e. The van der Waals surface area contributed by atoms with Gasteiger partial charge in [-0.1, -0.05) is 17.7 Å². The molecule has 1 fully saturated rings. The lowest BCUT2D eigenvalue weighted by molar-refractivity contribution is -0.125. The molecular formula is C15H13Cl2N7O. The summed E-state index contributed by atoms with van der Waals surface area (Å²) in [4.78, 5) is 22.1. The Kier molecular flexibility index (Phi) is 4.14. The fourth-order valence-electron chi connectivity index (χ4n) is 2.70. The number of nitrogens with zero attached hydrogens (tertiary/aromatic N) is 6. The largest absolute Gasteiger partial charge is 0.353 e. The second-order valence-electron chi connectivity index (χ2n) is 5.68. The van der Waals surface area contributed by atoms with E-state index in [0.717, 1.165) is 5.65 Å². The van der Waals surface area contributed by atoms with E-state index in [1.165, 1.54) is 6.20 Å². The minimum absolute atomic E-state index is 0.0415. The molecule has 0 atom stereocenters. The minimum atomic E-state index is -0.135. The fourth-order valence-corrected chi connectivity index (χ4v) is 3.04. The lowest BCUT2D eigenvalue weighted by Crippen LogP contribution is -2.54. The molecule has 0 aromatic carbocycles. The monoisotopic (exact) mass is 377 g/mol. The van der Waals surface area contributed by atoms with Crippen LogP contribution in [0.2, 0.25) is 10.3 Å². The van der Waals surface area contributed by atoms with Gasteiger partial charge >= 0.3 is 0 Å². The van der Waals surface area contributed by atoms with Crippen molar-refractivity contribution in [3.05, 3.63) is 46.7 Å². The molecule has 4 rings (SSSR count). The van der Waals surface area contributed by atoms with Crippen LogP contribution in [-0.2, 0) is 11.3 Å². The Bertz CT molecular complexity index is 939. The molecule has 10 heteroatoms. The zero-order chi connectivity index (χ0) is 17.4. The highest BCUT2D eigenvalue weighted by Gasteiger charge is 2.34. The molecule has 1 amide bonds. The quantitative estimate of drug-likeness (QED) is 0.694. The van der Waals surface area contributed by atoms with Crippen molar-refractivity contribution in [2.75, 3.05) is 18.0 Å². The lowest BCUT2D eigenvalue weighted by Gasteiger charge is -2.39. The highest BCUT2D eigenvalue weighted by Crippen LogP contribution is 2.29. The van der Waals surface area contributed by atoms with Crippen LogP contribution in [0, 0.1) is 5.92 Å². The SMILES string of the molecule is O=C(NCc1nnc2ccccn12)C1CN(c2nc(Cl)ncc2Cl)C1. The molecule has 3 aromatic heterocycles. The van der Waals surface area contributed by atoms with Gasteiger partial charge < -0.3 is 10.2 Å². The second kappa shape index (κ2) is 6.45. The number of carbonyl (C=O) groups is 1. The van der Waals surface area contributed by atoms with Crippen LogP contribution in [-0.4, -0.2) is 43.6 Å². The summed E-state index contributed by atoms with van der Waals surface area (Å²) in [7, 11) is 0. The Hall–Kier alpha value is -2.45. The number of halogens is 2. The Morgan fingerprint density at radius 2 is 2.12 bits per heavy atom. The molecule has 0 bridgehead atoms. The number of fused-ring (bicyclic) bond motifs is 1. The first-order valence-electron chi connectivity index (χ1n) is 7.61. The molecule has 0 aliphatic carbocycles. The van der Waals surface area contributed by atoms with E-state index in [-0.39, 0.29) is 17.1 Å². The molecule has 0 unspecified atom stereocenters. The van der Waals surface area contributed by atoms with Crippen LogP contribution >= 0.6 is 23.2 Å². The summed E-state index contributed by atoms with van der Waals surface area (Å²) in [6.07, 6.45) is 3.32. The van der Waals surface area contributed by atoms with Crippen LogP contribution in [0.25, 0.3) is 5.65 Å². The van der Waals surface area contributed by atoms with Crippen molar-refractivity contribution >= 4 is 40.6 Å². The number of carbonyl (C=O) groups excluding carboxylic acids is 1. The number of nitrogens with one attached hydrogen (secondary N) is 1. The Labute approximate surface area is 152 Å². The van der Waals surface area contributed by atoms with Crippen molar-refractivity contribution in [1.29, 1.82) is 0 Å². The molecule has 0 saturated carbocycles. The molecule has 0 spiro atoms. The molecule has 1 aliphatic heterocycles. The third-order valence-electron chi connectivity index (χ3n) is 4.05.